The Morgan fingerprint density at radius 3 is 2.80 bits per heavy atom. The van der Waals surface area contributed by atoms with Crippen LogP contribution in [0.5, 0.6) is 0 Å². The summed E-state index contributed by atoms with van der Waals surface area (Å²) < 4.78 is 0. The number of anilines is 1. The van der Waals surface area contributed by atoms with Crippen LogP contribution in [0.1, 0.15) is 34.6 Å². The molecule has 3 N–H and O–H groups in total. The third-order valence-corrected chi connectivity index (χ3v) is 5.34. The van der Waals surface area contributed by atoms with Crippen LogP contribution in [-0.2, 0) is 6.54 Å². The molecular formula is C24H27N5O. The number of piperidine rings is 1. The average Bonchev–Trinajstić information content (AvgIpc) is 2.75. The van der Waals surface area contributed by atoms with E-state index in [4.69, 9.17) is 5.73 Å². The Labute approximate surface area is 177 Å². The van der Waals surface area contributed by atoms with Crippen molar-refractivity contribution in [3.63, 3.8) is 0 Å². The van der Waals surface area contributed by atoms with Crippen molar-refractivity contribution in [3.8, 4) is 11.1 Å². The molecule has 1 fully saturated rings. The normalized spacial score (nSPS) is 16.9. The second-order valence-electron chi connectivity index (χ2n) is 7.91. The van der Waals surface area contributed by atoms with Crippen molar-refractivity contribution >= 4 is 11.6 Å². The van der Waals surface area contributed by atoms with E-state index in [1.54, 1.807) is 24.4 Å². The first-order valence-electron chi connectivity index (χ1n) is 10.3. The Morgan fingerprint density at radius 1 is 1.17 bits per heavy atom. The van der Waals surface area contributed by atoms with Crippen LogP contribution in [-0.4, -0.2) is 39.9 Å². The Kier molecular flexibility index (Phi) is 6.16. The number of nitrogens with two attached hydrogens (primary N) is 1. The van der Waals surface area contributed by atoms with Gasteiger partial charge in [0.25, 0.3) is 5.91 Å². The molecule has 1 aromatic carbocycles. The lowest BCUT2D eigenvalue weighted by atomic mass is 10.0. The number of nitrogens with one attached hydrogen (secondary N) is 1. The van der Waals surface area contributed by atoms with Crippen LogP contribution in [0.3, 0.4) is 0 Å². The molecule has 154 valence electrons. The summed E-state index contributed by atoms with van der Waals surface area (Å²) in [7, 11) is 0. The molecule has 2 aromatic heterocycles. The fourth-order valence-corrected chi connectivity index (χ4v) is 3.85. The summed E-state index contributed by atoms with van der Waals surface area (Å²) in [6.07, 6.45) is 5.69. The molecule has 30 heavy (non-hydrogen) atoms. The molecule has 0 spiro atoms. The highest BCUT2D eigenvalue weighted by atomic mass is 16.1. The molecule has 1 saturated heterocycles. The number of amides is 1. The maximum absolute atomic E-state index is 12.6. The summed E-state index contributed by atoms with van der Waals surface area (Å²) >= 11 is 0. The highest BCUT2D eigenvalue weighted by molar-refractivity contribution is 6.03. The number of hydrogen-bond donors (Lipinski definition) is 2. The number of benzene rings is 1. The van der Waals surface area contributed by atoms with E-state index in [2.05, 4.69) is 32.3 Å². The number of carbonyl (C=O) groups excluding carboxylic acids is 1. The molecule has 0 bridgehead atoms. The number of pyridine rings is 2. The van der Waals surface area contributed by atoms with Gasteiger partial charge in [0, 0.05) is 48.5 Å². The van der Waals surface area contributed by atoms with Crippen molar-refractivity contribution in [1.29, 1.82) is 0 Å². The summed E-state index contributed by atoms with van der Waals surface area (Å²) in [5.41, 5.74) is 11.5. The van der Waals surface area contributed by atoms with Crippen LogP contribution < -0.4 is 11.1 Å². The minimum atomic E-state index is -0.222. The Balaban J connectivity index is 1.63. The number of aryl methyl sites for hydroxylation is 1. The predicted molar refractivity (Wildman–Crippen MR) is 119 cm³/mol. The number of aromatic nitrogens is 2. The van der Waals surface area contributed by atoms with E-state index >= 15 is 0 Å². The highest BCUT2D eigenvalue weighted by Gasteiger charge is 2.17. The molecule has 1 atom stereocenters. The molecule has 3 heterocycles. The third-order valence-electron chi connectivity index (χ3n) is 5.34. The number of likely N-dealkylation sites (tertiary alicyclic amines) is 1. The Hall–Kier alpha value is -3.09. The van der Waals surface area contributed by atoms with Crippen LogP contribution in [0.2, 0.25) is 0 Å². The van der Waals surface area contributed by atoms with Crippen molar-refractivity contribution in [2.75, 3.05) is 18.4 Å². The lowest BCUT2D eigenvalue weighted by Crippen LogP contribution is -2.42. The van der Waals surface area contributed by atoms with Gasteiger partial charge in [-0.3, -0.25) is 19.7 Å². The molecule has 0 aliphatic carbocycles. The largest absolute Gasteiger partial charge is 0.327 e. The van der Waals surface area contributed by atoms with Gasteiger partial charge < -0.3 is 11.1 Å². The van der Waals surface area contributed by atoms with Gasteiger partial charge in [-0.25, -0.2) is 0 Å². The molecule has 1 amide bonds. The fraction of sp³-hybridized carbons (Fsp3) is 0.292. The molecular weight excluding hydrogens is 374 g/mol. The van der Waals surface area contributed by atoms with Crippen molar-refractivity contribution in [2.45, 2.75) is 32.4 Å². The van der Waals surface area contributed by atoms with Gasteiger partial charge in [0.15, 0.2) is 0 Å². The first-order valence-corrected chi connectivity index (χ1v) is 10.3. The van der Waals surface area contributed by atoms with Gasteiger partial charge in [0.05, 0.1) is 0 Å². The zero-order valence-corrected chi connectivity index (χ0v) is 17.2. The minimum absolute atomic E-state index is 0.222. The lowest BCUT2D eigenvalue weighted by molar-refractivity contribution is 0.102. The average molecular weight is 402 g/mol. The first kappa shape index (κ1) is 20.2. The van der Waals surface area contributed by atoms with E-state index in [-0.39, 0.29) is 11.9 Å². The summed E-state index contributed by atoms with van der Waals surface area (Å²) in [5, 5.41) is 3.00. The topological polar surface area (TPSA) is 84.1 Å². The highest BCUT2D eigenvalue weighted by Crippen LogP contribution is 2.26. The van der Waals surface area contributed by atoms with E-state index in [0.29, 0.717) is 5.69 Å². The van der Waals surface area contributed by atoms with Crippen LogP contribution in [0, 0.1) is 6.92 Å². The second kappa shape index (κ2) is 9.15. The van der Waals surface area contributed by atoms with Crippen molar-refractivity contribution < 1.29 is 4.79 Å². The zero-order valence-electron chi connectivity index (χ0n) is 17.2. The molecule has 6 nitrogen and oxygen atoms in total. The van der Waals surface area contributed by atoms with Gasteiger partial charge >= 0.3 is 0 Å². The Bertz CT molecular complexity index is 1000. The number of carbonyl (C=O) groups is 1. The van der Waals surface area contributed by atoms with E-state index < -0.39 is 0 Å². The summed E-state index contributed by atoms with van der Waals surface area (Å²) in [5.74, 6) is -0.222. The molecule has 0 radical (unpaired) electrons. The second-order valence-corrected chi connectivity index (χ2v) is 7.91. The van der Waals surface area contributed by atoms with E-state index in [9.17, 15) is 4.79 Å². The maximum atomic E-state index is 12.6. The number of rotatable bonds is 5. The SMILES string of the molecule is Cc1ccc(-c2cc(CN3CCCC(N)C3)cc(NC(=O)c3ccccn3)c2)cn1. The summed E-state index contributed by atoms with van der Waals surface area (Å²) in [6.45, 7) is 4.71. The molecule has 1 unspecified atom stereocenters. The number of hydrogen-bond acceptors (Lipinski definition) is 5. The van der Waals surface area contributed by atoms with Gasteiger partial charge in [0.1, 0.15) is 5.69 Å². The molecule has 3 aromatic rings. The quantitative estimate of drug-likeness (QED) is 0.682. The maximum Gasteiger partial charge on any atom is 0.274 e. The van der Waals surface area contributed by atoms with Crippen molar-refractivity contribution in [1.82, 2.24) is 14.9 Å². The first-order chi connectivity index (χ1) is 14.6. The van der Waals surface area contributed by atoms with Gasteiger partial charge in [0.2, 0.25) is 0 Å². The van der Waals surface area contributed by atoms with Gasteiger partial charge in [-0.2, -0.15) is 0 Å². The van der Waals surface area contributed by atoms with E-state index in [1.165, 1.54) is 0 Å². The number of nitrogens with zero attached hydrogens (tertiary/aromatic N) is 3. The molecule has 4 rings (SSSR count). The van der Waals surface area contributed by atoms with Crippen molar-refractivity contribution in [3.05, 3.63) is 77.9 Å². The zero-order chi connectivity index (χ0) is 20.9. The van der Waals surface area contributed by atoms with Gasteiger partial charge in [-0.1, -0.05) is 12.1 Å². The lowest BCUT2D eigenvalue weighted by Gasteiger charge is -2.30. The Morgan fingerprint density at radius 2 is 2.07 bits per heavy atom. The molecule has 1 aliphatic heterocycles. The molecule has 1 aliphatic rings. The van der Waals surface area contributed by atoms with Crippen LogP contribution in [0.4, 0.5) is 5.69 Å². The smallest absolute Gasteiger partial charge is 0.274 e. The van der Waals surface area contributed by atoms with E-state index in [0.717, 1.165) is 60.5 Å². The molecule has 0 saturated carbocycles. The monoisotopic (exact) mass is 401 g/mol. The van der Waals surface area contributed by atoms with Crippen LogP contribution >= 0.6 is 0 Å². The molecule has 6 heteroatoms. The standard InChI is InChI=1S/C24H27N5O/c1-17-7-8-19(14-27-17)20-11-18(15-29-10-4-5-21(25)16-29)12-22(13-20)28-24(30)23-6-2-3-9-26-23/h2-3,6-9,11-14,21H,4-5,10,15-16,25H2,1H3,(H,28,30). The predicted octanol–water partition coefficient (Wildman–Crippen LogP) is 3.63. The third kappa shape index (κ3) is 5.09. The van der Waals surface area contributed by atoms with Crippen LogP contribution in [0.25, 0.3) is 11.1 Å². The van der Waals surface area contributed by atoms with E-state index in [1.807, 2.05) is 31.3 Å². The summed E-state index contributed by atoms with van der Waals surface area (Å²) in [4.78, 5) is 23.6. The van der Waals surface area contributed by atoms with Crippen molar-refractivity contribution in [2.24, 2.45) is 5.73 Å². The fourth-order valence-electron chi connectivity index (χ4n) is 3.85. The van der Waals surface area contributed by atoms with Crippen LogP contribution in [0.15, 0.2) is 60.9 Å². The summed E-state index contributed by atoms with van der Waals surface area (Å²) in [6, 6.07) is 15.8. The minimum Gasteiger partial charge on any atom is -0.327 e. The van der Waals surface area contributed by atoms with Gasteiger partial charge in [-0.15, -0.1) is 0 Å². The van der Waals surface area contributed by atoms with Gasteiger partial charge in [-0.05, 0) is 73.8 Å².